The Morgan fingerprint density at radius 2 is 2.27 bits per heavy atom. The van der Waals surface area contributed by atoms with Gasteiger partial charge in [0.1, 0.15) is 12.1 Å². The first-order chi connectivity index (χ1) is 7.25. The fourth-order valence-electron chi connectivity index (χ4n) is 1.61. The van der Waals surface area contributed by atoms with Crippen molar-refractivity contribution in [1.29, 1.82) is 0 Å². The third kappa shape index (κ3) is 3.16. The van der Waals surface area contributed by atoms with Gasteiger partial charge in [-0.3, -0.25) is 0 Å². The van der Waals surface area contributed by atoms with Crippen LogP contribution in [0.25, 0.3) is 0 Å². The molecule has 1 saturated carbocycles. The lowest BCUT2D eigenvalue weighted by Gasteiger charge is -2.15. The largest absolute Gasteiger partial charge is 0.369 e. The van der Waals surface area contributed by atoms with Gasteiger partial charge in [-0.25, -0.2) is 9.97 Å². The Bertz CT molecular complexity index is 322. The second-order valence-electron chi connectivity index (χ2n) is 4.18. The molecule has 0 amide bonds. The molecule has 0 atom stereocenters. The minimum atomic E-state index is 0.832. The van der Waals surface area contributed by atoms with Gasteiger partial charge < -0.3 is 10.2 Å². The van der Waals surface area contributed by atoms with Crippen molar-refractivity contribution in [2.75, 3.05) is 25.5 Å². The first kappa shape index (κ1) is 10.4. The third-order valence-corrected chi connectivity index (χ3v) is 2.74. The van der Waals surface area contributed by atoms with E-state index in [0.29, 0.717) is 0 Å². The van der Waals surface area contributed by atoms with Crippen LogP contribution in [0, 0.1) is 6.92 Å². The lowest BCUT2D eigenvalue weighted by Crippen LogP contribution is -2.27. The monoisotopic (exact) mass is 206 g/mol. The fraction of sp³-hybridized carbons (Fsp3) is 0.636. The number of nitrogens with one attached hydrogen (secondary N) is 1. The van der Waals surface area contributed by atoms with E-state index in [1.807, 2.05) is 13.0 Å². The van der Waals surface area contributed by atoms with E-state index in [4.69, 9.17) is 0 Å². The van der Waals surface area contributed by atoms with Crippen LogP contribution < -0.4 is 5.32 Å². The van der Waals surface area contributed by atoms with Crippen molar-refractivity contribution in [3.63, 3.8) is 0 Å². The van der Waals surface area contributed by atoms with Crippen molar-refractivity contribution in [3.8, 4) is 0 Å². The van der Waals surface area contributed by atoms with Crippen molar-refractivity contribution < 1.29 is 0 Å². The van der Waals surface area contributed by atoms with Gasteiger partial charge in [-0.05, 0) is 26.8 Å². The van der Waals surface area contributed by atoms with E-state index in [0.717, 1.165) is 30.6 Å². The molecular weight excluding hydrogens is 188 g/mol. The lowest BCUT2D eigenvalue weighted by atomic mass is 10.4. The normalized spacial score (nSPS) is 15.7. The second-order valence-corrected chi connectivity index (χ2v) is 4.18. The highest BCUT2D eigenvalue weighted by molar-refractivity contribution is 5.34. The summed E-state index contributed by atoms with van der Waals surface area (Å²) >= 11 is 0. The predicted molar refractivity (Wildman–Crippen MR) is 60.9 cm³/mol. The Balaban J connectivity index is 1.73. The van der Waals surface area contributed by atoms with Crippen LogP contribution in [0.3, 0.4) is 0 Å². The maximum atomic E-state index is 4.16. The van der Waals surface area contributed by atoms with E-state index < -0.39 is 0 Å². The molecule has 1 aromatic rings. The molecule has 15 heavy (non-hydrogen) atoms. The zero-order valence-corrected chi connectivity index (χ0v) is 9.40. The Morgan fingerprint density at radius 1 is 1.47 bits per heavy atom. The predicted octanol–water partition coefficient (Wildman–Crippen LogP) is 1.29. The standard InChI is InChI=1S/C11H18N4/c1-9-7-11(14-8-13-9)12-5-6-15(2)10-3-4-10/h7-8,10H,3-6H2,1-2H3,(H,12,13,14). The van der Waals surface area contributed by atoms with Gasteiger partial charge >= 0.3 is 0 Å². The summed E-state index contributed by atoms with van der Waals surface area (Å²) < 4.78 is 0. The number of nitrogens with zero attached hydrogens (tertiary/aromatic N) is 3. The number of hydrogen-bond acceptors (Lipinski definition) is 4. The molecule has 82 valence electrons. The first-order valence-corrected chi connectivity index (χ1v) is 5.48. The topological polar surface area (TPSA) is 41.0 Å². The number of anilines is 1. The van der Waals surface area contributed by atoms with E-state index in [2.05, 4.69) is 27.2 Å². The molecule has 2 rings (SSSR count). The van der Waals surface area contributed by atoms with E-state index >= 15 is 0 Å². The summed E-state index contributed by atoms with van der Waals surface area (Å²) in [5, 5.41) is 3.31. The summed E-state index contributed by atoms with van der Waals surface area (Å²) in [6.07, 6.45) is 4.33. The number of rotatable bonds is 5. The molecule has 0 aliphatic heterocycles. The molecule has 1 aliphatic carbocycles. The minimum absolute atomic E-state index is 0.832. The van der Waals surface area contributed by atoms with Crippen LogP contribution in [-0.2, 0) is 0 Å². The van der Waals surface area contributed by atoms with Crippen molar-refractivity contribution in [1.82, 2.24) is 14.9 Å². The van der Waals surface area contributed by atoms with Gasteiger partial charge in [0, 0.05) is 30.9 Å². The zero-order valence-electron chi connectivity index (χ0n) is 9.40. The van der Waals surface area contributed by atoms with Crippen molar-refractivity contribution >= 4 is 5.82 Å². The highest BCUT2D eigenvalue weighted by Gasteiger charge is 2.25. The highest BCUT2D eigenvalue weighted by Crippen LogP contribution is 2.24. The van der Waals surface area contributed by atoms with Gasteiger partial charge in [0.15, 0.2) is 0 Å². The summed E-state index contributed by atoms with van der Waals surface area (Å²) in [5.74, 6) is 0.923. The van der Waals surface area contributed by atoms with E-state index in [-0.39, 0.29) is 0 Å². The van der Waals surface area contributed by atoms with Gasteiger partial charge in [0.2, 0.25) is 0 Å². The molecule has 0 radical (unpaired) electrons. The first-order valence-electron chi connectivity index (χ1n) is 5.48. The Morgan fingerprint density at radius 3 is 2.93 bits per heavy atom. The summed E-state index contributed by atoms with van der Waals surface area (Å²) in [5.41, 5.74) is 1.00. The number of aromatic nitrogens is 2. The molecule has 4 nitrogen and oxygen atoms in total. The van der Waals surface area contributed by atoms with E-state index in [9.17, 15) is 0 Å². The summed E-state index contributed by atoms with van der Waals surface area (Å²) in [6.45, 7) is 4.00. The SMILES string of the molecule is Cc1cc(NCCN(C)C2CC2)ncn1. The van der Waals surface area contributed by atoms with Crippen LogP contribution in [0.5, 0.6) is 0 Å². The van der Waals surface area contributed by atoms with E-state index in [1.54, 1.807) is 6.33 Å². The van der Waals surface area contributed by atoms with Gasteiger partial charge in [-0.2, -0.15) is 0 Å². The van der Waals surface area contributed by atoms with Crippen LogP contribution in [0.1, 0.15) is 18.5 Å². The molecular formula is C11H18N4. The fourth-order valence-corrected chi connectivity index (χ4v) is 1.61. The molecule has 0 spiro atoms. The number of likely N-dealkylation sites (N-methyl/N-ethyl adjacent to an activating group) is 1. The second kappa shape index (κ2) is 4.57. The van der Waals surface area contributed by atoms with Crippen LogP contribution in [0.2, 0.25) is 0 Å². The molecule has 1 aromatic heterocycles. The Labute approximate surface area is 90.7 Å². The summed E-state index contributed by atoms with van der Waals surface area (Å²) in [6, 6.07) is 2.80. The maximum absolute atomic E-state index is 4.16. The average Bonchev–Trinajstić information content (AvgIpc) is 3.00. The highest BCUT2D eigenvalue weighted by atomic mass is 15.2. The quantitative estimate of drug-likeness (QED) is 0.788. The van der Waals surface area contributed by atoms with Gasteiger partial charge in [-0.1, -0.05) is 0 Å². The van der Waals surface area contributed by atoms with Crippen LogP contribution in [-0.4, -0.2) is 41.0 Å². The van der Waals surface area contributed by atoms with Crippen molar-refractivity contribution in [2.24, 2.45) is 0 Å². The van der Waals surface area contributed by atoms with Gasteiger partial charge in [-0.15, -0.1) is 0 Å². The van der Waals surface area contributed by atoms with Crippen molar-refractivity contribution in [2.45, 2.75) is 25.8 Å². The maximum Gasteiger partial charge on any atom is 0.129 e. The molecule has 0 bridgehead atoms. The van der Waals surface area contributed by atoms with Gasteiger partial charge in [0.25, 0.3) is 0 Å². The smallest absolute Gasteiger partial charge is 0.129 e. The Hall–Kier alpha value is -1.16. The molecule has 0 saturated heterocycles. The minimum Gasteiger partial charge on any atom is -0.369 e. The van der Waals surface area contributed by atoms with Crippen LogP contribution in [0.4, 0.5) is 5.82 Å². The molecule has 4 heteroatoms. The van der Waals surface area contributed by atoms with Crippen molar-refractivity contribution in [3.05, 3.63) is 18.1 Å². The molecule has 1 fully saturated rings. The molecule has 1 aliphatic rings. The molecule has 1 heterocycles. The average molecular weight is 206 g/mol. The summed E-state index contributed by atoms with van der Waals surface area (Å²) in [7, 11) is 2.19. The molecule has 0 aromatic carbocycles. The molecule has 0 unspecified atom stereocenters. The zero-order chi connectivity index (χ0) is 10.7. The molecule has 1 N–H and O–H groups in total. The Kier molecular flexibility index (Phi) is 3.16. The van der Waals surface area contributed by atoms with Gasteiger partial charge in [0.05, 0.1) is 0 Å². The number of hydrogen-bond donors (Lipinski definition) is 1. The van der Waals surface area contributed by atoms with Crippen LogP contribution >= 0.6 is 0 Å². The lowest BCUT2D eigenvalue weighted by molar-refractivity contribution is 0.337. The van der Waals surface area contributed by atoms with E-state index in [1.165, 1.54) is 12.8 Å². The number of aryl methyl sites for hydroxylation is 1. The van der Waals surface area contributed by atoms with Crippen LogP contribution in [0.15, 0.2) is 12.4 Å². The summed E-state index contributed by atoms with van der Waals surface area (Å²) in [4.78, 5) is 10.6. The third-order valence-electron chi connectivity index (χ3n) is 2.74.